The lowest BCUT2D eigenvalue weighted by Crippen LogP contribution is -2.41. The van der Waals surface area contributed by atoms with Crippen LogP contribution in [0.5, 0.6) is 0 Å². The van der Waals surface area contributed by atoms with Crippen LogP contribution in [0.25, 0.3) is 0 Å². The summed E-state index contributed by atoms with van der Waals surface area (Å²) in [5.41, 5.74) is -6.38. The van der Waals surface area contributed by atoms with Crippen LogP contribution in [0.4, 0.5) is 36.3 Å². The monoisotopic (exact) mass is 538 g/mol. The smallest absolute Gasteiger partial charge is 0.465 e. The van der Waals surface area contributed by atoms with Crippen LogP contribution in [0.15, 0.2) is 48.7 Å². The van der Waals surface area contributed by atoms with Gasteiger partial charge in [-0.3, -0.25) is 0 Å². The van der Waals surface area contributed by atoms with Crippen molar-refractivity contribution in [2.24, 2.45) is 0 Å². The summed E-state index contributed by atoms with van der Waals surface area (Å²) in [5, 5.41) is 22.5. The van der Waals surface area contributed by atoms with Crippen LogP contribution in [-0.2, 0) is 21.2 Å². The molecule has 0 bridgehead atoms. The number of hydrogen-bond donors (Lipinski definition) is 3. The number of carbonyl (C=O) groups is 1. The van der Waals surface area contributed by atoms with Crippen LogP contribution in [0.1, 0.15) is 28.4 Å². The number of aryl methyl sites for hydroxylation is 2. The van der Waals surface area contributed by atoms with Crippen molar-refractivity contribution in [2.75, 3.05) is 16.7 Å². The molecule has 2 aromatic carbocycles. The number of ether oxygens (including phenoxy) is 1. The van der Waals surface area contributed by atoms with E-state index in [0.717, 1.165) is 25.4 Å². The average molecular weight is 538 g/mol. The molecule has 0 radical (unpaired) electrons. The predicted molar refractivity (Wildman–Crippen MR) is 131 cm³/mol. The van der Waals surface area contributed by atoms with Crippen molar-refractivity contribution in [2.45, 2.75) is 25.8 Å². The number of benzene rings is 2. The normalized spacial score (nSPS) is 11.7. The van der Waals surface area contributed by atoms with Gasteiger partial charge in [0.1, 0.15) is 5.82 Å². The molecule has 10 nitrogen and oxygen atoms in total. The lowest BCUT2D eigenvalue weighted by molar-refractivity contribution is -0.0436. The van der Waals surface area contributed by atoms with Crippen LogP contribution in [0.3, 0.4) is 0 Å². The SMILES string of the molecule is CCc1cc(N(c2ncc(C)c(Nc3ccccc3)n2)S(=O)(=O)C(F)(F)F)cc(C(=O)OC)c1B(O)O. The van der Waals surface area contributed by atoms with Crippen molar-refractivity contribution in [3.8, 4) is 0 Å². The van der Waals surface area contributed by atoms with E-state index in [9.17, 15) is 36.4 Å². The van der Waals surface area contributed by atoms with Crippen molar-refractivity contribution >= 4 is 51.7 Å². The highest BCUT2D eigenvalue weighted by Crippen LogP contribution is 2.37. The highest BCUT2D eigenvalue weighted by molar-refractivity contribution is 7.94. The summed E-state index contributed by atoms with van der Waals surface area (Å²) < 4.78 is 71.5. The summed E-state index contributed by atoms with van der Waals surface area (Å²) in [6.45, 7) is 3.10. The fourth-order valence-corrected chi connectivity index (χ4v) is 4.36. The Morgan fingerprint density at radius 2 is 1.84 bits per heavy atom. The second-order valence-electron chi connectivity index (χ2n) is 7.69. The average Bonchev–Trinajstić information content (AvgIpc) is 2.84. The molecule has 0 unspecified atom stereocenters. The fraction of sp³-hybridized carbons (Fsp3) is 0.227. The third kappa shape index (κ3) is 5.68. The number of hydrogen-bond acceptors (Lipinski definition) is 9. The number of halogens is 3. The summed E-state index contributed by atoms with van der Waals surface area (Å²) in [7, 11) is -7.37. The second kappa shape index (κ2) is 10.7. The van der Waals surface area contributed by atoms with Crippen LogP contribution >= 0.6 is 0 Å². The third-order valence-electron chi connectivity index (χ3n) is 5.24. The van der Waals surface area contributed by atoms with Gasteiger partial charge in [0.2, 0.25) is 5.95 Å². The molecule has 0 amide bonds. The fourth-order valence-electron chi connectivity index (χ4n) is 3.47. The van der Waals surface area contributed by atoms with E-state index in [1.807, 2.05) is 0 Å². The lowest BCUT2D eigenvalue weighted by atomic mass is 9.73. The second-order valence-corrected chi connectivity index (χ2v) is 9.47. The molecule has 0 saturated heterocycles. The molecule has 3 rings (SSSR count). The van der Waals surface area contributed by atoms with Gasteiger partial charge in [-0.1, -0.05) is 25.1 Å². The van der Waals surface area contributed by atoms with Crippen molar-refractivity contribution in [3.05, 3.63) is 65.4 Å². The van der Waals surface area contributed by atoms with E-state index in [0.29, 0.717) is 11.3 Å². The molecule has 1 heterocycles. The maximum Gasteiger partial charge on any atom is 0.517 e. The first-order chi connectivity index (χ1) is 17.3. The Morgan fingerprint density at radius 3 is 2.38 bits per heavy atom. The molecule has 0 fully saturated rings. The molecule has 1 aromatic heterocycles. The number of methoxy groups -OCH3 is 1. The maximum absolute atomic E-state index is 13.8. The van der Waals surface area contributed by atoms with Gasteiger partial charge in [-0.05, 0) is 48.6 Å². The number of alkyl halides is 3. The van der Waals surface area contributed by atoms with Crippen LogP contribution in [-0.4, -0.2) is 54.1 Å². The van der Waals surface area contributed by atoms with E-state index in [1.54, 1.807) is 37.3 Å². The van der Waals surface area contributed by atoms with Gasteiger partial charge in [-0.2, -0.15) is 30.9 Å². The molecular weight excluding hydrogens is 516 g/mol. The minimum Gasteiger partial charge on any atom is -0.465 e. The molecule has 0 aliphatic rings. The largest absolute Gasteiger partial charge is 0.517 e. The topological polar surface area (TPSA) is 142 Å². The van der Waals surface area contributed by atoms with E-state index in [1.165, 1.54) is 6.92 Å². The zero-order valence-electron chi connectivity index (χ0n) is 19.8. The molecule has 3 aromatic rings. The molecule has 37 heavy (non-hydrogen) atoms. The molecular formula is C22H22BF3N4O6S. The van der Waals surface area contributed by atoms with Gasteiger partial charge in [0, 0.05) is 17.4 Å². The van der Waals surface area contributed by atoms with E-state index in [4.69, 9.17) is 0 Å². The number of anilines is 4. The first-order valence-corrected chi connectivity index (χ1v) is 12.1. The highest BCUT2D eigenvalue weighted by Gasteiger charge is 2.52. The maximum atomic E-state index is 13.8. The van der Waals surface area contributed by atoms with Crippen LogP contribution < -0.4 is 15.1 Å². The lowest BCUT2D eigenvalue weighted by Gasteiger charge is -2.26. The van der Waals surface area contributed by atoms with E-state index < -0.39 is 45.8 Å². The third-order valence-corrected chi connectivity index (χ3v) is 6.68. The highest BCUT2D eigenvalue weighted by atomic mass is 32.2. The minimum absolute atomic E-state index is 0.000259. The zero-order chi connectivity index (χ0) is 27.5. The van der Waals surface area contributed by atoms with Crippen molar-refractivity contribution in [1.29, 1.82) is 0 Å². The van der Waals surface area contributed by atoms with E-state index in [2.05, 4.69) is 20.0 Å². The number of nitrogens with zero attached hydrogens (tertiary/aromatic N) is 3. The number of carbonyl (C=O) groups excluding carboxylic acids is 1. The Balaban J connectivity index is 2.32. The molecule has 196 valence electrons. The van der Waals surface area contributed by atoms with Gasteiger partial charge in [-0.15, -0.1) is 0 Å². The molecule has 0 spiro atoms. The van der Waals surface area contributed by atoms with Gasteiger partial charge in [-0.25, -0.2) is 9.78 Å². The summed E-state index contributed by atoms with van der Waals surface area (Å²) in [5.74, 6) is -1.96. The Morgan fingerprint density at radius 1 is 1.19 bits per heavy atom. The number of para-hydroxylation sites is 1. The first kappa shape index (κ1) is 27.9. The van der Waals surface area contributed by atoms with E-state index >= 15 is 0 Å². The number of esters is 1. The predicted octanol–water partition coefficient (Wildman–Crippen LogP) is 2.55. The zero-order valence-corrected chi connectivity index (χ0v) is 20.6. The van der Waals surface area contributed by atoms with Crippen molar-refractivity contribution in [1.82, 2.24) is 9.97 Å². The number of aromatic nitrogens is 2. The summed E-state index contributed by atoms with van der Waals surface area (Å²) >= 11 is 0. The van der Waals surface area contributed by atoms with Gasteiger partial charge in [0.15, 0.2) is 0 Å². The van der Waals surface area contributed by atoms with Gasteiger partial charge in [0.05, 0.1) is 18.4 Å². The molecule has 0 aliphatic heterocycles. The standard InChI is InChI=1S/C22H22BF3N4O6S/c1-4-14-10-16(11-17(20(31)36-3)18(14)23(32)33)30(37(34,35)22(24,25)26)21-27-12-13(2)19(29-21)28-15-8-6-5-7-9-15/h5-12,32-33H,4H2,1-3H3,(H,27,28,29). The van der Waals surface area contributed by atoms with Gasteiger partial charge < -0.3 is 20.1 Å². The molecule has 0 saturated carbocycles. The number of sulfonamides is 1. The van der Waals surface area contributed by atoms with Crippen LogP contribution in [0, 0.1) is 6.92 Å². The summed E-state index contributed by atoms with van der Waals surface area (Å²) in [6, 6.07) is 10.2. The van der Waals surface area contributed by atoms with E-state index in [-0.39, 0.29) is 27.6 Å². The minimum atomic E-state index is -6.15. The van der Waals surface area contributed by atoms with Gasteiger partial charge >= 0.3 is 28.6 Å². The Kier molecular flexibility index (Phi) is 8.10. The summed E-state index contributed by atoms with van der Waals surface area (Å²) in [6.07, 6.45) is 1.14. The molecule has 3 N–H and O–H groups in total. The van der Waals surface area contributed by atoms with Gasteiger partial charge in [0.25, 0.3) is 0 Å². The molecule has 0 aliphatic carbocycles. The summed E-state index contributed by atoms with van der Waals surface area (Å²) in [4.78, 5) is 20.3. The number of rotatable bonds is 8. The molecule has 0 atom stereocenters. The van der Waals surface area contributed by atoms with Crippen molar-refractivity contribution in [3.63, 3.8) is 0 Å². The Bertz CT molecular complexity index is 1410. The quantitative estimate of drug-likeness (QED) is 0.291. The molecule has 15 heteroatoms. The van der Waals surface area contributed by atoms with Crippen molar-refractivity contribution < 1.29 is 41.2 Å². The number of nitrogens with one attached hydrogen (secondary N) is 1. The Labute approximate surface area is 210 Å². The van der Waals surface area contributed by atoms with Crippen LogP contribution in [0.2, 0.25) is 0 Å². The first-order valence-electron chi connectivity index (χ1n) is 10.7. The Hall–Kier alpha value is -3.69.